The zero-order valence-corrected chi connectivity index (χ0v) is 21.2. The zero-order chi connectivity index (χ0) is 26.8. The van der Waals surface area contributed by atoms with Crippen LogP contribution in [0.15, 0.2) is 47.3 Å². The molecule has 37 heavy (non-hydrogen) atoms. The van der Waals surface area contributed by atoms with Gasteiger partial charge in [-0.15, -0.1) is 0 Å². The highest BCUT2D eigenvalue weighted by molar-refractivity contribution is 6.04. The highest BCUT2D eigenvalue weighted by atomic mass is 16.6. The Hall–Kier alpha value is -4.11. The standard InChI is InChI=1S/C28H28N2O7/c1-13(31)36-26-21-19(37-28(2,3)22(26)23(29)27(33)34)12-18(35-5)20-24(21)30(4)17-11-15-9-7-6-8-14(15)10-16(17)25(20)32/h6-12,22-23,26H,29H2,1-5H3,(H,33,34). The molecule has 0 amide bonds. The molecule has 0 bridgehead atoms. The van der Waals surface area contributed by atoms with Gasteiger partial charge < -0.3 is 29.6 Å². The van der Waals surface area contributed by atoms with Crippen molar-refractivity contribution in [3.63, 3.8) is 0 Å². The van der Waals surface area contributed by atoms with Crippen LogP contribution in [0.25, 0.3) is 32.6 Å². The van der Waals surface area contributed by atoms with Gasteiger partial charge in [0.25, 0.3) is 0 Å². The van der Waals surface area contributed by atoms with Gasteiger partial charge in [-0.2, -0.15) is 0 Å². The quantitative estimate of drug-likeness (QED) is 0.318. The number of hydrogen-bond acceptors (Lipinski definition) is 7. The molecule has 2 heterocycles. The maximum atomic E-state index is 14.0. The van der Waals surface area contributed by atoms with Crippen molar-refractivity contribution < 1.29 is 28.9 Å². The van der Waals surface area contributed by atoms with Crippen LogP contribution in [-0.2, 0) is 21.4 Å². The number of nitrogens with zero attached hydrogens (tertiary/aromatic N) is 1. The Balaban J connectivity index is 1.97. The molecule has 0 saturated heterocycles. The molecule has 0 fully saturated rings. The lowest BCUT2D eigenvalue weighted by Crippen LogP contribution is -2.56. The Labute approximate surface area is 212 Å². The van der Waals surface area contributed by atoms with Gasteiger partial charge >= 0.3 is 11.9 Å². The van der Waals surface area contributed by atoms with Crippen molar-refractivity contribution >= 4 is 44.5 Å². The largest absolute Gasteiger partial charge is 0.496 e. The molecule has 3 N–H and O–H groups in total. The monoisotopic (exact) mass is 504 g/mol. The lowest BCUT2D eigenvalue weighted by molar-refractivity contribution is -0.164. The Morgan fingerprint density at radius 3 is 2.41 bits per heavy atom. The van der Waals surface area contributed by atoms with Crippen molar-refractivity contribution in [2.75, 3.05) is 7.11 Å². The van der Waals surface area contributed by atoms with Gasteiger partial charge in [-0.25, -0.2) is 0 Å². The number of aliphatic carboxylic acids is 1. The number of carbonyl (C=O) groups is 2. The normalized spacial score (nSPS) is 19.3. The van der Waals surface area contributed by atoms with Crippen LogP contribution in [-0.4, -0.2) is 40.4 Å². The summed E-state index contributed by atoms with van der Waals surface area (Å²) in [4.78, 5) is 38.3. The second kappa shape index (κ2) is 8.48. The average Bonchev–Trinajstić information content (AvgIpc) is 2.84. The zero-order valence-electron chi connectivity index (χ0n) is 21.2. The molecule has 9 heteroatoms. The van der Waals surface area contributed by atoms with Crippen LogP contribution in [0.1, 0.15) is 32.4 Å². The van der Waals surface area contributed by atoms with Gasteiger partial charge in [0.15, 0.2) is 0 Å². The smallest absolute Gasteiger partial charge is 0.321 e. The fraction of sp³-hybridized carbons (Fsp3) is 0.321. The van der Waals surface area contributed by atoms with Gasteiger partial charge in [0.05, 0.1) is 35.0 Å². The van der Waals surface area contributed by atoms with E-state index in [0.29, 0.717) is 33.5 Å². The number of methoxy groups -OCH3 is 1. The number of esters is 1. The second-order valence-electron chi connectivity index (χ2n) is 9.94. The van der Waals surface area contributed by atoms with E-state index >= 15 is 0 Å². The molecule has 0 aliphatic carbocycles. The molecule has 4 aromatic rings. The van der Waals surface area contributed by atoms with Crippen LogP contribution in [0.5, 0.6) is 11.5 Å². The summed E-state index contributed by atoms with van der Waals surface area (Å²) < 4.78 is 19.6. The molecule has 3 unspecified atom stereocenters. The lowest BCUT2D eigenvalue weighted by Gasteiger charge is -2.46. The minimum Gasteiger partial charge on any atom is -0.496 e. The molecular weight excluding hydrogens is 476 g/mol. The van der Waals surface area contributed by atoms with Crippen molar-refractivity contribution in [1.82, 2.24) is 4.57 Å². The Morgan fingerprint density at radius 1 is 1.16 bits per heavy atom. The third-order valence-corrected chi connectivity index (χ3v) is 7.27. The first kappa shape index (κ1) is 24.6. The molecule has 1 aliphatic rings. The minimum atomic E-state index is -1.41. The van der Waals surface area contributed by atoms with Crippen molar-refractivity contribution in [2.45, 2.75) is 38.5 Å². The average molecular weight is 505 g/mol. The van der Waals surface area contributed by atoms with Crippen LogP contribution in [0.4, 0.5) is 0 Å². The number of ether oxygens (including phenoxy) is 3. The fourth-order valence-electron chi connectivity index (χ4n) is 5.65. The molecule has 0 spiro atoms. The van der Waals surface area contributed by atoms with E-state index in [0.717, 1.165) is 10.8 Å². The Kier molecular flexibility index (Phi) is 5.64. The molecule has 192 valence electrons. The second-order valence-corrected chi connectivity index (χ2v) is 9.94. The van der Waals surface area contributed by atoms with E-state index in [2.05, 4.69) is 0 Å². The van der Waals surface area contributed by atoms with Crippen molar-refractivity contribution in [3.05, 3.63) is 58.3 Å². The van der Waals surface area contributed by atoms with Crippen LogP contribution in [0.3, 0.4) is 0 Å². The summed E-state index contributed by atoms with van der Waals surface area (Å²) in [5.74, 6) is -2.21. The number of aromatic nitrogens is 1. The lowest BCUT2D eigenvalue weighted by atomic mass is 9.75. The molecule has 9 nitrogen and oxygen atoms in total. The Bertz CT molecular complexity index is 1670. The first-order valence-corrected chi connectivity index (χ1v) is 11.9. The summed E-state index contributed by atoms with van der Waals surface area (Å²) in [6.45, 7) is 4.64. The first-order chi connectivity index (χ1) is 17.5. The fourth-order valence-corrected chi connectivity index (χ4v) is 5.65. The van der Waals surface area contributed by atoms with Crippen molar-refractivity contribution in [3.8, 4) is 11.5 Å². The molecular formula is C28H28N2O7. The number of nitrogens with two attached hydrogens (primary N) is 1. The van der Waals surface area contributed by atoms with Crippen LogP contribution >= 0.6 is 0 Å². The number of carboxylic acids is 1. The number of carbonyl (C=O) groups excluding carboxylic acids is 1. The highest BCUT2D eigenvalue weighted by Crippen LogP contribution is 2.51. The summed E-state index contributed by atoms with van der Waals surface area (Å²) in [5, 5.41) is 12.4. The van der Waals surface area contributed by atoms with Crippen LogP contribution in [0, 0.1) is 5.92 Å². The summed E-state index contributed by atoms with van der Waals surface area (Å²) in [7, 11) is 3.27. The van der Waals surface area contributed by atoms with Gasteiger partial charge in [0.2, 0.25) is 5.43 Å². The third-order valence-electron chi connectivity index (χ3n) is 7.27. The van der Waals surface area contributed by atoms with Gasteiger partial charge in [-0.1, -0.05) is 24.3 Å². The first-order valence-electron chi connectivity index (χ1n) is 11.9. The molecule has 1 aromatic heterocycles. The number of rotatable bonds is 4. The van der Waals surface area contributed by atoms with Crippen molar-refractivity contribution in [2.24, 2.45) is 18.7 Å². The van der Waals surface area contributed by atoms with E-state index < -0.39 is 35.6 Å². The third kappa shape index (κ3) is 3.69. The molecule has 0 radical (unpaired) electrons. The van der Waals surface area contributed by atoms with E-state index in [1.54, 1.807) is 27.0 Å². The van der Waals surface area contributed by atoms with Gasteiger partial charge in [0, 0.05) is 25.4 Å². The molecule has 5 rings (SSSR count). The number of fused-ring (bicyclic) bond motifs is 5. The molecule has 0 saturated carbocycles. The topological polar surface area (TPSA) is 130 Å². The van der Waals surface area contributed by atoms with Crippen LogP contribution < -0.4 is 20.6 Å². The molecule has 3 aromatic carbocycles. The maximum absolute atomic E-state index is 14.0. The predicted octanol–water partition coefficient (Wildman–Crippen LogP) is 3.66. The van der Waals surface area contributed by atoms with Gasteiger partial charge in [0.1, 0.15) is 29.2 Å². The highest BCUT2D eigenvalue weighted by Gasteiger charge is 2.52. The van der Waals surface area contributed by atoms with E-state index in [1.165, 1.54) is 14.0 Å². The maximum Gasteiger partial charge on any atom is 0.321 e. The molecule has 1 aliphatic heterocycles. The minimum absolute atomic E-state index is 0.265. The van der Waals surface area contributed by atoms with Gasteiger partial charge in [-0.05, 0) is 36.8 Å². The van der Waals surface area contributed by atoms with Crippen molar-refractivity contribution in [1.29, 1.82) is 0 Å². The molecule has 3 atom stereocenters. The van der Waals surface area contributed by atoms with E-state index in [4.69, 9.17) is 19.9 Å². The summed E-state index contributed by atoms with van der Waals surface area (Å²) >= 11 is 0. The predicted molar refractivity (Wildman–Crippen MR) is 139 cm³/mol. The number of aryl methyl sites for hydroxylation is 1. The number of pyridine rings is 1. The van der Waals surface area contributed by atoms with Crippen LogP contribution in [0.2, 0.25) is 0 Å². The number of hydrogen-bond donors (Lipinski definition) is 2. The number of benzene rings is 3. The van der Waals surface area contributed by atoms with E-state index in [-0.39, 0.29) is 10.8 Å². The van der Waals surface area contributed by atoms with E-state index in [9.17, 15) is 19.5 Å². The van der Waals surface area contributed by atoms with Gasteiger partial charge in [-0.3, -0.25) is 14.4 Å². The Morgan fingerprint density at radius 2 is 1.81 bits per heavy atom. The summed E-state index contributed by atoms with van der Waals surface area (Å²) in [6.07, 6.45) is -1.10. The summed E-state index contributed by atoms with van der Waals surface area (Å²) in [5.41, 5.74) is 6.20. The van der Waals surface area contributed by atoms with E-state index in [1.807, 2.05) is 41.0 Å². The summed E-state index contributed by atoms with van der Waals surface area (Å²) in [6, 6.07) is 11.7. The SMILES string of the molecule is COc1cc2c(c3c1c(=O)c1cc4ccccc4cc1n3C)C(OC(C)=O)C(C(N)C(=O)O)C(C)(C)O2. The number of carboxylic acid groups (broad SMARTS) is 1.